The third-order valence-electron chi connectivity index (χ3n) is 3.86. The van der Waals surface area contributed by atoms with Crippen molar-refractivity contribution in [2.75, 3.05) is 11.4 Å². The van der Waals surface area contributed by atoms with Gasteiger partial charge >= 0.3 is 0 Å². The first kappa shape index (κ1) is 16.5. The first-order valence-electron chi connectivity index (χ1n) is 7.75. The van der Waals surface area contributed by atoms with Crippen molar-refractivity contribution in [2.24, 2.45) is 5.11 Å². The van der Waals surface area contributed by atoms with E-state index in [-0.39, 0.29) is 0 Å². The minimum absolute atomic E-state index is 0.432. The predicted molar refractivity (Wildman–Crippen MR) is 92.6 cm³/mol. The van der Waals surface area contributed by atoms with Crippen molar-refractivity contribution in [3.8, 4) is 11.8 Å². The molecule has 1 aliphatic rings. The summed E-state index contributed by atoms with van der Waals surface area (Å²) in [6, 6.07) is 11.4. The summed E-state index contributed by atoms with van der Waals surface area (Å²) in [6.07, 6.45) is 0.860. The van der Waals surface area contributed by atoms with E-state index in [4.69, 9.17) is 5.53 Å². The zero-order valence-electron chi connectivity index (χ0n) is 13.3. The summed E-state index contributed by atoms with van der Waals surface area (Å²) in [5, 5.41) is 13.7. The highest BCUT2D eigenvalue weighted by atomic mass is 16.3. The Morgan fingerprint density at radius 2 is 2.12 bits per heavy atom. The van der Waals surface area contributed by atoms with Crippen molar-refractivity contribution >= 4 is 11.7 Å². The Kier molecular flexibility index (Phi) is 4.95. The fourth-order valence-electron chi connectivity index (χ4n) is 2.64. The van der Waals surface area contributed by atoms with Gasteiger partial charge in [-0.1, -0.05) is 41.2 Å². The number of benzene rings is 1. The minimum Gasteiger partial charge on any atom is -0.379 e. The second-order valence-electron chi connectivity index (χ2n) is 5.46. The number of carbonyl (C=O) groups excluding carboxylic acids is 1. The zero-order chi connectivity index (χ0) is 17.6. The molecule has 2 heterocycles. The summed E-state index contributed by atoms with van der Waals surface area (Å²) in [6.45, 7) is 0.432. The quantitative estimate of drug-likeness (QED) is 0.402. The molecule has 1 aliphatic heterocycles. The van der Waals surface area contributed by atoms with Crippen LogP contribution < -0.4 is 4.90 Å². The maximum atomic E-state index is 12.7. The zero-order valence-corrected chi connectivity index (χ0v) is 13.3. The summed E-state index contributed by atoms with van der Waals surface area (Å²) < 4.78 is 0. The smallest absolute Gasteiger partial charge is 0.240 e. The first-order valence-corrected chi connectivity index (χ1v) is 7.75. The number of fused-ring (bicyclic) bond motifs is 1. The number of amides is 1. The van der Waals surface area contributed by atoms with E-state index in [0.29, 0.717) is 24.3 Å². The van der Waals surface area contributed by atoms with Crippen molar-refractivity contribution in [2.45, 2.75) is 18.6 Å². The standard InChI is InChI=1S/C18H15N5O2/c19-22-21-16(15(24)9-8-13-5-2-1-3-6-13)18(25)23-12-10-14-7-4-11-20-17(14)23/h1-7,11,15-16,24H,10,12H2/t15-,16-/m0/s1. The molecule has 0 spiro atoms. The highest BCUT2D eigenvalue weighted by Gasteiger charge is 2.34. The largest absolute Gasteiger partial charge is 0.379 e. The number of pyridine rings is 1. The van der Waals surface area contributed by atoms with Gasteiger partial charge in [-0.2, -0.15) is 0 Å². The summed E-state index contributed by atoms with van der Waals surface area (Å²) in [5.74, 6) is 5.39. The first-order chi connectivity index (χ1) is 12.2. The van der Waals surface area contributed by atoms with Crippen LogP contribution in [0, 0.1) is 11.8 Å². The maximum absolute atomic E-state index is 12.7. The second kappa shape index (κ2) is 7.49. The Hall–Kier alpha value is -3.33. The monoisotopic (exact) mass is 333 g/mol. The van der Waals surface area contributed by atoms with Gasteiger partial charge in [-0.3, -0.25) is 9.69 Å². The molecule has 124 valence electrons. The van der Waals surface area contributed by atoms with Gasteiger partial charge in [0.1, 0.15) is 11.9 Å². The summed E-state index contributed by atoms with van der Waals surface area (Å²) in [5.41, 5.74) is 10.4. The lowest BCUT2D eigenvalue weighted by Crippen LogP contribution is -2.43. The molecule has 0 unspecified atom stereocenters. The van der Waals surface area contributed by atoms with Gasteiger partial charge in [0.05, 0.1) is 0 Å². The van der Waals surface area contributed by atoms with Gasteiger partial charge in [0.2, 0.25) is 5.91 Å². The topological polar surface area (TPSA) is 102 Å². The van der Waals surface area contributed by atoms with Gasteiger partial charge in [-0.25, -0.2) is 4.98 Å². The van der Waals surface area contributed by atoms with Crippen LogP contribution in [-0.2, 0) is 11.2 Å². The van der Waals surface area contributed by atoms with Gasteiger partial charge < -0.3 is 5.11 Å². The average molecular weight is 333 g/mol. The molecular formula is C18H15N5O2. The van der Waals surface area contributed by atoms with Crippen LogP contribution in [-0.4, -0.2) is 34.7 Å². The lowest BCUT2D eigenvalue weighted by atomic mass is 10.1. The van der Waals surface area contributed by atoms with Crippen LogP contribution in [0.2, 0.25) is 0 Å². The Balaban J connectivity index is 1.83. The van der Waals surface area contributed by atoms with Crippen LogP contribution >= 0.6 is 0 Å². The van der Waals surface area contributed by atoms with E-state index in [2.05, 4.69) is 26.9 Å². The Morgan fingerprint density at radius 3 is 2.88 bits per heavy atom. The highest BCUT2D eigenvalue weighted by molar-refractivity contribution is 5.98. The number of anilines is 1. The fraction of sp³-hybridized carbons (Fsp3) is 0.222. The van der Waals surface area contributed by atoms with Crippen LogP contribution in [0.15, 0.2) is 53.8 Å². The molecule has 7 nitrogen and oxygen atoms in total. The number of hydrogen-bond acceptors (Lipinski definition) is 4. The lowest BCUT2D eigenvalue weighted by molar-refractivity contribution is -0.121. The SMILES string of the molecule is [N-]=[N+]=N[C@H](C(=O)N1CCc2cccnc21)[C@@H](O)C#Cc1ccccc1. The van der Waals surface area contributed by atoms with E-state index in [1.54, 1.807) is 24.4 Å². The van der Waals surface area contributed by atoms with Gasteiger partial charge in [0, 0.05) is 23.2 Å². The third kappa shape index (κ3) is 3.61. The van der Waals surface area contributed by atoms with Crippen LogP contribution in [0.1, 0.15) is 11.1 Å². The van der Waals surface area contributed by atoms with E-state index < -0.39 is 18.1 Å². The third-order valence-corrected chi connectivity index (χ3v) is 3.86. The molecule has 0 aliphatic carbocycles. The number of azide groups is 1. The van der Waals surface area contributed by atoms with E-state index in [1.165, 1.54) is 4.90 Å². The summed E-state index contributed by atoms with van der Waals surface area (Å²) >= 11 is 0. The van der Waals surface area contributed by atoms with Gasteiger partial charge in [0.25, 0.3) is 0 Å². The highest BCUT2D eigenvalue weighted by Crippen LogP contribution is 2.26. The van der Waals surface area contributed by atoms with Crippen molar-refractivity contribution < 1.29 is 9.90 Å². The number of aliphatic hydroxyl groups is 1. The molecular weight excluding hydrogens is 318 g/mol. The average Bonchev–Trinajstić information content (AvgIpc) is 3.08. The minimum atomic E-state index is -1.41. The molecule has 1 N–H and O–H groups in total. The van der Waals surface area contributed by atoms with E-state index in [9.17, 15) is 9.90 Å². The second-order valence-corrected chi connectivity index (χ2v) is 5.46. The van der Waals surface area contributed by atoms with Gasteiger partial charge in [-0.05, 0) is 35.7 Å². The molecule has 3 rings (SSSR count). The number of nitrogens with zero attached hydrogens (tertiary/aromatic N) is 5. The molecule has 0 bridgehead atoms. The number of aromatic nitrogens is 1. The molecule has 1 aromatic heterocycles. The molecule has 1 amide bonds. The molecule has 7 heteroatoms. The molecule has 25 heavy (non-hydrogen) atoms. The summed E-state index contributed by atoms with van der Waals surface area (Å²) in [4.78, 5) is 21.1. The van der Waals surface area contributed by atoms with Crippen molar-refractivity contribution in [1.29, 1.82) is 0 Å². The fourth-order valence-corrected chi connectivity index (χ4v) is 2.64. The van der Waals surface area contributed by atoms with Crippen LogP contribution in [0.25, 0.3) is 10.4 Å². The van der Waals surface area contributed by atoms with E-state index in [1.807, 2.05) is 24.3 Å². The molecule has 2 atom stereocenters. The molecule has 0 fully saturated rings. The summed E-state index contributed by atoms with van der Waals surface area (Å²) in [7, 11) is 0. The van der Waals surface area contributed by atoms with Crippen LogP contribution in [0.4, 0.5) is 5.82 Å². The van der Waals surface area contributed by atoms with Crippen LogP contribution in [0.3, 0.4) is 0 Å². The number of aliphatic hydroxyl groups excluding tert-OH is 1. The van der Waals surface area contributed by atoms with E-state index >= 15 is 0 Å². The van der Waals surface area contributed by atoms with Crippen molar-refractivity contribution in [1.82, 2.24) is 4.98 Å². The van der Waals surface area contributed by atoms with Crippen molar-refractivity contribution in [3.05, 3.63) is 70.2 Å². The molecule has 2 aromatic rings. The number of rotatable bonds is 3. The van der Waals surface area contributed by atoms with Crippen molar-refractivity contribution in [3.63, 3.8) is 0 Å². The normalized spacial score (nSPS) is 14.5. The molecule has 0 saturated heterocycles. The Morgan fingerprint density at radius 1 is 1.32 bits per heavy atom. The predicted octanol–water partition coefficient (Wildman–Crippen LogP) is 2.06. The van der Waals surface area contributed by atoms with Gasteiger partial charge in [0.15, 0.2) is 6.04 Å². The van der Waals surface area contributed by atoms with Crippen LogP contribution in [0.5, 0.6) is 0 Å². The number of carbonyl (C=O) groups is 1. The lowest BCUT2D eigenvalue weighted by Gasteiger charge is -2.21. The molecule has 0 saturated carbocycles. The Bertz CT molecular complexity index is 881. The number of hydrogen-bond donors (Lipinski definition) is 1. The van der Waals surface area contributed by atoms with Gasteiger partial charge in [-0.15, -0.1) is 0 Å². The van der Waals surface area contributed by atoms with E-state index in [0.717, 1.165) is 5.56 Å². The molecule has 0 radical (unpaired) electrons. The maximum Gasteiger partial charge on any atom is 0.240 e. The molecule has 1 aromatic carbocycles. The Labute approximate surface area is 144 Å².